The number of carbonyl (C=O) groups is 1. The van der Waals surface area contributed by atoms with Gasteiger partial charge >= 0.3 is 0 Å². The van der Waals surface area contributed by atoms with Gasteiger partial charge in [0.25, 0.3) is 5.91 Å². The van der Waals surface area contributed by atoms with Gasteiger partial charge in [-0.1, -0.05) is 20.8 Å². The largest absolute Gasteiger partial charge is 0.350 e. The summed E-state index contributed by atoms with van der Waals surface area (Å²) in [5, 5.41) is 2.97. The lowest BCUT2D eigenvalue weighted by atomic mass is 10.1. The van der Waals surface area contributed by atoms with Crippen molar-refractivity contribution in [1.82, 2.24) is 15.3 Å². The van der Waals surface area contributed by atoms with Crippen molar-refractivity contribution in [2.24, 2.45) is 0 Å². The highest BCUT2D eigenvalue weighted by Crippen LogP contribution is 2.16. The molecular formula is C17H23N3O. The molecule has 0 radical (unpaired) electrons. The van der Waals surface area contributed by atoms with Crippen molar-refractivity contribution in [2.75, 3.05) is 0 Å². The summed E-state index contributed by atoms with van der Waals surface area (Å²) in [4.78, 5) is 21.5. The van der Waals surface area contributed by atoms with Gasteiger partial charge in [0.1, 0.15) is 0 Å². The molecule has 0 aliphatic rings. The van der Waals surface area contributed by atoms with Crippen LogP contribution in [0.5, 0.6) is 0 Å². The molecule has 1 unspecified atom stereocenters. The normalized spacial score (nSPS) is 12.4. The molecule has 112 valence electrons. The molecule has 1 atom stereocenters. The number of nitrogens with one attached hydrogen (secondary N) is 1. The number of benzene rings is 1. The molecule has 0 saturated carbocycles. The molecule has 4 nitrogen and oxygen atoms in total. The maximum atomic E-state index is 12.2. The van der Waals surface area contributed by atoms with Gasteiger partial charge in [-0.05, 0) is 44.4 Å². The summed E-state index contributed by atoms with van der Waals surface area (Å²) in [7, 11) is 0. The minimum Gasteiger partial charge on any atom is -0.350 e. The molecule has 1 amide bonds. The number of amides is 1. The maximum Gasteiger partial charge on any atom is 0.251 e. The second kappa shape index (κ2) is 6.66. The molecule has 1 aromatic carbocycles. The second-order valence-corrected chi connectivity index (χ2v) is 5.31. The van der Waals surface area contributed by atoms with Crippen LogP contribution in [0.2, 0.25) is 0 Å². The summed E-state index contributed by atoms with van der Waals surface area (Å²) in [6.07, 6.45) is 2.65. The van der Waals surface area contributed by atoms with Crippen LogP contribution in [-0.2, 0) is 12.8 Å². The van der Waals surface area contributed by atoms with E-state index in [4.69, 9.17) is 0 Å². The fourth-order valence-corrected chi connectivity index (χ4v) is 2.24. The van der Waals surface area contributed by atoms with Crippen molar-refractivity contribution in [2.45, 2.75) is 53.0 Å². The van der Waals surface area contributed by atoms with Crippen LogP contribution >= 0.6 is 0 Å². The van der Waals surface area contributed by atoms with Crippen LogP contribution in [-0.4, -0.2) is 21.9 Å². The molecule has 0 aliphatic carbocycles. The van der Waals surface area contributed by atoms with E-state index in [1.807, 2.05) is 25.1 Å². The van der Waals surface area contributed by atoms with Gasteiger partial charge in [0.15, 0.2) is 0 Å². The van der Waals surface area contributed by atoms with E-state index >= 15 is 0 Å². The number of nitrogens with zero attached hydrogens (tertiary/aromatic N) is 2. The molecule has 1 heterocycles. The molecule has 0 fully saturated rings. The molecule has 0 saturated heterocycles. The van der Waals surface area contributed by atoms with E-state index in [-0.39, 0.29) is 11.9 Å². The Bertz CT molecular complexity index is 652. The minimum atomic E-state index is -0.0503. The Kier molecular flexibility index (Phi) is 4.89. The zero-order valence-corrected chi connectivity index (χ0v) is 13.2. The van der Waals surface area contributed by atoms with E-state index in [1.165, 1.54) is 0 Å². The number of aryl methyl sites for hydroxylation is 2. The van der Waals surface area contributed by atoms with Crippen LogP contribution in [0.25, 0.3) is 11.0 Å². The highest BCUT2D eigenvalue weighted by molar-refractivity contribution is 5.97. The van der Waals surface area contributed by atoms with Crippen LogP contribution in [0.15, 0.2) is 18.2 Å². The van der Waals surface area contributed by atoms with Gasteiger partial charge in [-0.15, -0.1) is 0 Å². The lowest BCUT2D eigenvalue weighted by Gasteiger charge is -2.12. The monoisotopic (exact) mass is 285 g/mol. The predicted molar refractivity (Wildman–Crippen MR) is 85.5 cm³/mol. The zero-order chi connectivity index (χ0) is 15.4. The number of hydrogen-bond donors (Lipinski definition) is 1. The van der Waals surface area contributed by atoms with Crippen LogP contribution in [0.4, 0.5) is 0 Å². The van der Waals surface area contributed by atoms with Gasteiger partial charge < -0.3 is 5.32 Å². The van der Waals surface area contributed by atoms with E-state index < -0.39 is 0 Å². The third kappa shape index (κ3) is 3.38. The first-order valence-electron chi connectivity index (χ1n) is 7.69. The molecule has 4 heteroatoms. The highest BCUT2D eigenvalue weighted by Gasteiger charge is 2.11. The first-order valence-corrected chi connectivity index (χ1v) is 7.69. The van der Waals surface area contributed by atoms with Gasteiger partial charge in [0.05, 0.1) is 22.4 Å². The summed E-state index contributed by atoms with van der Waals surface area (Å²) < 4.78 is 0. The maximum absolute atomic E-state index is 12.2. The summed E-state index contributed by atoms with van der Waals surface area (Å²) in [6, 6.07) is 5.71. The Morgan fingerprint density at radius 3 is 2.29 bits per heavy atom. The summed E-state index contributed by atoms with van der Waals surface area (Å²) in [5.74, 6) is -0.0503. The Balaban J connectivity index is 2.39. The average Bonchev–Trinajstić information content (AvgIpc) is 2.52. The SMILES string of the molecule is CCc1nc2ccc(C(=O)NC(C)CC)cc2nc1CC. The van der Waals surface area contributed by atoms with Crippen LogP contribution in [0, 0.1) is 0 Å². The number of aromatic nitrogens is 2. The minimum absolute atomic E-state index is 0.0503. The smallest absolute Gasteiger partial charge is 0.251 e. The molecule has 0 aliphatic heterocycles. The van der Waals surface area contributed by atoms with E-state index in [1.54, 1.807) is 0 Å². The fourth-order valence-electron chi connectivity index (χ4n) is 2.24. The standard InChI is InChI=1S/C17H23N3O/c1-5-11(4)18-17(21)12-8-9-15-16(10-12)20-14(7-3)13(6-2)19-15/h8-11H,5-7H2,1-4H3,(H,18,21). The van der Waals surface area contributed by atoms with Gasteiger partial charge in [-0.25, -0.2) is 9.97 Å². The quantitative estimate of drug-likeness (QED) is 0.917. The van der Waals surface area contributed by atoms with Gasteiger partial charge in [-0.2, -0.15) is 0 Å². The van der Waals surface area contributed by atoms with E-state index in [0.717, 1.165) is 41.7 Å². The Morgan fingerprint density at radius 2 is 1.71 bits per heavy atom. The van der Waals surface area contributed by atoms with Crippen molar-refractivity contribution >= 4 is 16.9 Å². The average molecular weight is 285 g/mol. The van der Waals surface area contributed by atoms with Gasteiger partial charge in [0.2, 0.25) is 0 Å². The molecule has 1 aromatic heterocycles. The lowest BCUT2D eigenvalue weighted by molar-refractivity contribution is 0.0939. The first-order chi connectivity index (χ1) is 10.1. The Labute approximate surface area is 126 Å². The first kappa shape index (κ1) is 15.4. The van der Waals surface area contributed by atoms with Crippen molar-refractivity contribution in [3.8, 4) is 0 Å². The number of fused-ring (bicyclic) bond motifs is 1. The van der Waals surface area contributed by atoms with E-state index in [2.05, 4.69) is 36.1 Å². The fraction of sp³-hybridized carbons (Fsp3) is 0.471. The van der Waals surface area contributed by atoms with Gasteiger partial charge in [0, 0.05) is 11.6 Å². The van der Waals surface area contributed by atoms with E-state index in [9.17, 15) is 4.79 Å². The number of carbonyl (C=O) groups excluding carboxylic acids is 1. The lowest BCUT2D eigenvalue weighted by Crippen LogP contribution is -2.31. The molecule has 0 spiro atoms. The Morgan fingerprint density at radius 1 is 1.10 bits per heavy atom. The highest BCUT2D eigenvalue weighted by atomic mass is 16.1. The van der Waals surface area contributed by atoms with Gasteiger partial charge in [-0.3, -0.25) is 4.79 Å². The molecule has 2 rings (SSSR count). The Hall–Kier alpha value is -1.97. The molecule has 2 aromatic rings. The summed E-state index contributed by atoms with van der Waals surface area (Å²) in [6.45, 7) is 8.22. The third-order valence-electron chi connectivity index (χ3n) is 3.74. The van der Waals surface area contributed by atoms with E-state index in [0.29, 0.717) is 5.56 Å². The molecule has 1 N–H and O–H groups in total. The van der Waals surface area contributed by atoms with Crippen LogP contribution in [0.3, 0.4) is 0 Å². The number of hydrogen-bond acceptors (Lipinski definition) is 3. The van der Waals surface area contributed by atoms with Crippen molar-refractivity contribution in [1.29, 1.82) is 0 Å². The predicted octanol–water partition coefficient (Wildman–Crippen LogP) is 3.28. The summed E-state index contributed by atoms with van der Waals surface area (Å²) in [5.41, 5.74) is 4.35. The van der Waals surface area contributed by atoms with Crippen LogP contribution < -0.4 is 5.32 Å². The van der Waals surface area contributed by atoms with Crippen molar-refractivity contribution in [3.63, 3.8) is 0 Å². The van der Waals surface area contributed by atoms with Crippen molar-refractivity contribution in [3.05, 3.63) is 35.2 Å². The second-order valence-electron chi connectivity index (χ2n) is 5.31. The number of rotatable bonds is 5. The topological polar surface area (TPSA) is 54.9 Å². The molecule has 0 bridgehead atoms. The summed E-state index contributed by atoms with van der Waals surface area (Å²) >= 11 is 0. The zero-order valence-electron chi connectivity index (χ0n) is 13.2. The van der Waals surface area contributed by atoms with Crippen molar-refractivity contribution < 1.29 is 4.79 Å². The molecular weight excluding hydrogens is 262 g/mol. The molecule has 21 heavy (non-hydrogen) atoms. The third-order valence-corrected chi connectivity index (χ3v) is 3.74. The van der Waals surface area contributed by atoms with Crippen LogP contribution in [0.1, 0.15) is 55.9 Å².